The van der Waals surface area contributed by atoms with Crippen LogP contribution in [-0.2, 0) is 6.54 Å². The number of hydrogen-bond donors (Lipinski definition) is 1. The molecule has 0 spiro atoms. The van der Waals surface area contributed by atoms with E-state index in [1.54, 1.807) is 0 Å². The zero-order chi connectivity index (χ0) is 13.9. The quantitative estimate of drug-likeness (QED) is 0.908. The summed E-state index contributed by atoms with van der Waals surface area (Å²) < 4.78 is 12.8. The second kappa shape index (κ2) is 5.54. The van der Waals surface area contributed by atoms with E-state index >= 15 is 0 Å². The summed E-state index contributed by atoms with van der Waals surface area (Å²) >= 11 is 0. The molecule has 2 aromatic rings. The first-order valence-electron chi connectivity index (χ1n) is 6.88. The van der Waals surface area contributed by atoms with Crippen molar-refractivity contribution < 1.29 is 9.47 Å². The maximum Gasteiger partial charge on any atom is 0.231 e. The Kier molecular flexibility index (Phi) is 3.60. The average molecular weight is 273 g/mol. The second-order valence-electron chi connectivity index (χ2n) is 4.96. The molecule has 0 bridgehead atoms. The number of rotatable bonds is 5. The Morgan fingerprint density at radius 2 is 2.20 bits per heavy atom. The lowest BCUT2D eigenvalue weighted by atomic mass is 10.1. The summed E-state index contributed by atoms with van der Waals surface area (Å²) in [6.45, 7) is 6.16. The molecule has 2 heterocycles. The fourth-order valence-corrected chi connectivity index (χ4v) is 2.42. The number of fused-ring (bicyclic) bond motifs is 1. The van der Waals surface area contributed by atoms with Gasteiger partial charge in [0.25, 0.3) is 0 Å². The van der Waals surface area contributed by atoms with Crippen LogP contribution in [0.4, 0.5) is 0 Å². The summed E-state index contributed by atoms with van der Waals surface area (Å²) in [4.78, 5) is 0. The van der Waals surface area contributed by atoms with Gasteiger partial charge in [0.15, 0.2) is 11.5 Å². The number of benzene rings is 1. The number of nitrogens with one attached hydrogen (secondary N) is 1. The molecule has 1 atom stereocenters. The van der Waals surface area contributed by atoms with Crippen LogP contribution < -0.4 is 14.8 Å². The Morgan fingerprint density at radius 3 is 2.95 bits per heavy atom. The summed E-state index contributed by atoms with van der Waals surface area (Å²) in [6, 6.07) is 6.30. The molecule has 5 nitrogen and oxygen atoms in total. The topological polar surface area (TPSA) is 48.3 Å². The first kappa shape index (κ1) is 13.0. The highest BCUT2D eigenvalue weighted by atomic mass is 16.7. The van der Waals surface area contributed by atoms with E-state index in [4.69, 9.17) is 9.47 Å². The molecule has 3 rings (SSSR count). The third-order valence-electron chi connectivity index (χ3n) is 3.38. The Hall–Kier alpha value is -2.01. The first-order chi connectivity index (χ1) is 9.76. The number of ether oxygens (including phenoxy) is 2. The van der Waals surface area contributed by atoms with Crippen molar-refractivity contribution in [3.8, 4) is 11.5 Å². The summed E-state index contributed by atoms with van der Waals surface area (Å²) in [5, 5.41) is 7.85. The van der Waals surface area contributed by atoms with Crippen molar-refractivity contribution in [3.63, 3.8) is 0 Å². The minimum absolute atomic E-state index is 0.203. The summed E-state index contributed by atoms with van der Waals surface area (Å²) in [5.41, 5.74) is 2.36. The SMILES string of the molecule is CCNC(Cn1cc(C)cn1)c1ccc2c(c1)OCO2. The molecule has 1 aliphatic rings. The van der Waals surface area contributed by atoms with Gasteiger partial charge in [-0.25, -0.2) is 0 Å². The van der Waals surface area contributed by atoms with Crippen LogP contribution in [0.5, 0.6) is 11.5 Å². The molecule has 1 aliphatic heterocycles. The maximum absolute atomic E-state index is 5.45. The summed E-state index contributed by atoms with van der Waals surface area (Å²) in [7, 11) is 0. The van der Waals surface area contributed by atoms with E-state index in [2.05, 4.69) is 29.6 Å². The van der Waals surface area contributed by atoms with Crippen LogP contribution in [0.15, 0.2) is 30.6 Å². The average Bonchev–Trinajstić information content (AvgIpc) is 3.06. The van der Waals surface area contributed by atoms with Crippen molar-refractivity contribution in [1.29, 1.82) is 0 Å². The van der Waals surface area contributed by atoms with Crippen LogP contribution in [0.25, 0.3) is 0 Å². The van der Waals surface area contributed by atoms with Crippen LogP contribution in [-0.4, -0.2) is 23.1 Å². The minimum atomic E-state index is 0.203. The molecule has 106 valence electrons. The Balaban J connectivity index is 1.82. The van der Waals surface area contributed by atoms with Gasteiger partial charge in [-0.2, -0.15) is 5.10 Å². The maximum atomic E-state index is 5.45. The van der Waals surface area contributed by atoms with E-state index in [0.717, 1.165) is 24.6 Å². The van der Waals surface area contributed by atoms with Gasteiger partial charge in [0.1, 0.15) is 0 Å². The van der Waals surface area contributed by atoms with E-state index in [1.165, 1.54) is 11.1 Å². The Labute approximate surface area is 118 Å². The molecule has 5 heteroatoms. The lowest BCUT2D eigenvalue weighted by molar-refractivity contribution is 0.174. The Morgan fingerprint density at radius 1 is 1.35 bits per heavy atom. The van der Waals surface area contributed by atoms with Gasteiger partial charge in [0, 0.05) is 6.20 Å². The van der Waals surface area contributed by atoms with Crippen LogP contribution in [0.3, 0.4) is 0 Å². The summed E-state index contributed by atoms with van der Waals surface area (Å²) in [5.74, 6) is 1.64. The Bertz CT molecular complexity index is 595. The van der Waals surface area contributed by atoms with Gasteiger partial charge < -0.3 is 14.8 Å². The monoisotopic (exact) mass is 273 g/mol. The van der Waals surface area contributed by atoms with Crippen LogP contribution in [0.2, 0.25) is 0 Å². The zero-order valence-corrected chi connectivity index (χ0v) is 11.8. The third-order valence-corrected chi connectivity index (χ3v) is 3.38. The van der Waals surface area contributed by atoms with Crippen LogP contribution >= 0.6 is 0 Å². The molecule has 0 saturated carbocycles. The molecule has 20 heavy (non-hydrogen) atoms. The predicted molar refractivity (Wildman–Crippen MR) is 75.9 cm³/mol. The number of aryl methyl sites for hydroxylation is 1. The van der Waals surface area contributed by atoms with Gasteiger partial charge in [-0.05, 0) is 36.7 Å². The largest absolute Gasteiger partial charge is 0.454 e. The molecule has 0 aliphatic carbocycles. The minimum Gasteiger partial charge on any atom is -0.454 e. The van der Waals surface area contributed by atoms with Crippen molar-refractivity contribution >= 4 is 0 Å². The lowest BCUT2D eigenvalue weighted by Crippen LogP contribution is -2.25. The first-order valence-corrected chi connectivity index (χ1v) is 6.88. The smallest absolute Gasteiger partial charge is 0.231 e. The van der Waals surface area contributed by atoms with Gasteiger partial charge in [0.05, 0.1) is 18.8 Å². The molecule has 1 N–H and O–H groups in total. The van der Waals surface area contributed by atoms with Crippen LogP contribution in [0, 0.1) is 6.92 Å². The third kappa shape index (κ3) is 2.63. The van der Waals surface area contributed by atoms with Gasteiger partial charge in [-0.3, -0.25) is 4.68 Å². The van der Waals surface area contributed by atoms with Crippen LogP contribution in [0.1, 0.15) is 24.1 Å². The van der Waals surface area contributed by atoms with E-state index in [1.807, 2.05) is 29.9 Å². The molecule has 0 radical (unpaired) electrons. The fraction of sp³-hybridized carbons (Fsp3) is 0.400. The van der Waals surface area contributed by atoms with Gasteiger partial charge in [-0.15, -0.1) is 0 Å². The number of hydrogen-bond acceptors (Lipinski definition) is 4. The molecule has 1 aromatic carbocycles. The number of nitrogens with zero attached hydrogens (tertiary/aromatic N) is 2. The van der Waals surface area contributed by atoms with Gasteiger partial charge >= 0.3 is 0 Å². The van der Waals surface area contributed by atoms with E-state index in [0.29, 0.717) is 6.79 Å². The molecular formula is C15H19N3O2. The van der Waals surface area contributed by atoms with Gasteiger partial charge in [0.2, 0.25) is 6.79 Å². The molecule has 1 unspecified atom stereocenters. The fourth-order valence-electron chi connectivity index (χ4n) is 2.42. The van der Waals surface area contributed by atoms with Crippen molar-refractivity contribution in [2.24, 2.45) is 0 Å². The van der Waals surface area contributed by atoms with E-state index < -0.39 is 0 Å². The highest BCUT2D eigenvalue weighted by Gasteiger charge is 2.18. The standard InChI is InChI=1S/C15H19N3O2/c1-3-16-13(9-18-8-11(2)7-17-18)12-4-5-14-15(6-12)20-10-19-14/h4-8,13,16H,3,9-10H2,1-2H3. The van der Waals surface area contributed by atoms with E-state index in [-0.39, 0.29) is 6.04 Å². The summed E-state index contributed by atoms with van der Waals surface area (Å²) in [6.07, 6.45) is 3.93. The highest BCUT2D eigenvalue weighted by molar-refractivity contribution is 5.45. The second-order valence-corrected chi connectivity index (χ2v) is 4.96. The van der Waals surface area contributed by atoms with Crippen molar-refractivity contribution in [2.45, 2.75) is 26.4 Å². The number of aromatic nitrogens is 2. The predicted octanol–water partition coefficient (Wildman–Crippen LogP) is 2.27. The molecule has 1 aromatic heterocycles. The normalized spacial score (nSPS) is 14.5. The molecule has 0 fully saturated rings. The zero-order valence-electron chi connectivity index (χ0n) is 11.8. The number of likely N-dealkylation sites (N-methyl/N-ethyl adjacent to an activating group) is 1. The van der Waals surface area contributed by atoms with E-state index in [9.17, 15) is 0 Å². The molecule has 0 saturated heterocycles. The van der Waals surface area contributed by atoms with Crippen molar-refractivity contribution in [1.82, 2.24) is 15.1 Å². The highest BCUT2D eigenvalue weighted by Crippen LogP contribution is 2.34. The van der Waals surface area contributed by atoms with Crippen molar-refractivity contribution in [3.05, 3.63) is 41.7 Å². The molecule has 0 amide bonds. The van der Waals surface area contributed by atoms with Gasteiger partial charge in [-0.1, -0.05) is 13.0 Å². The molecular weight excluding hydrogens is 254 g/mol. The lowest BCUT2D eigenvalue weighted by Gasteiger charge is -2.18. The van der Waals surface area contributed by atoms with Crippen molar-refractivity contribution in [2.75, 3.05) is 13.3 Å².